The van der Waals surface area contributed by atoms with Gasteiger partial charge in [0.2, 0.25) is 0 Å². The van der Waals surface area contributed by atoms with Gasteiger partial charge < -0.3 is 19.4 Å². The summed E-state index contributed by atoms with van der Waals surface area (Å²) in [4.78, 5) is 17.3. The molecule has 1 amide bonds. The number of carbonyl (C=O) groups excluding carboxylic acids is 1. The summed E-state index contributed by atoms with van der Waals surface area (Å²) in [6, 6.07) is 13.2. The Balaban J connectivity index is 1.81. The molecule has 158 valence electrons. The van der Waals surface area contributed by atoms with E-state index in [0.29, 0.717) is 17.5 Å². The van der Waals surface area contributed by atoms with Crippen LogP contribution in [0.4, 0.5) is 0 Å². The fourth-order valence-corrected chi connectivity index (χ4v) is 3.43. The van der Waals surface area contributed by atoms with Crippen LogP contribution in [-0.4, -0.2) is 29.2 Å². The zero-order valence-corrected chi connectivity index (χ0v) is 18.2. The van der Waals surface area contributed by atoms with Crippen LogP contribution < -0.4 is 14.8 Å². The summed E-state index contributed by atoms with van der Waals surface area (Å²) in [5.74, 6) is 2.22. The second kappa shape index (κ2) is 9.48. The van der Waals surface area contributed by atoms with Crippen LogP contribution >= 0.6 is 0 Å². The molecule has 0 saturated heterocycles. The van der Waals surface area contributed by atoms with E-state index in [1.807, 2.05) is 55.1 Å². The Labute approximate surface area is 177 Å². The van der Waals surface area contributed by atoms with Crippen LogP contribution in [0.25, 0.3) is 0 Å². The molecule has 30 heavy (non-hydrogen) atoms. The number of nitrogens with one attached hydrogen (secondary N) is 1. The van der Waals surface area contributed by atoms with Crippen LogP contribution in [0.5, 0.6) is 11.5 Å². The van der Waals surface area contributed by atoms with Crippen LogP contribution in [0, 0.1) is 6.92 Å². The van der Waals surface area contributed by atoms with E-state index in [1.54, 1.807) is 13.3 Å². The average molecular weight is 408 g/mol. The lowest BCUT2D eigenvalue weighted by molar-refractivity contribution is -0.123. The molecule has 0 bridgehead atoms. The van der Waals surface area contributed by atoms with Gasteiger partial charge in [-0.25, -0.2) is 4.98 Å². The second-order valence-electron chi connectivity index (χ2n) is 7.62. The van der Waals surface area contributed by atoms with Gasteiger partial charge in [-0.3, -0.25) is 4.79 Å². The van der Waals surface area contributed by atoms with Gasteiger partial charge in [0.05, 0.1) is 7.11 Å². The van der Waals surface area contributed by atoms with E-state index in [9.17, 15) is 4.79 Å². The normalized spacial score (nSPS) is 11.9. The monoisotopic (exact) mass is 407 g/mol. The van der Waals surface area contributed by atoms with E-state index in [-0.39, 0.29) is 12.5 Å². The van der Waals surface area contributed by atoms with Crippen LogP contribution in [0.1, 0.15) is 48.3 Å². The van der Waals surface area contributed by atoms with Crippen molar-refractivity contribution in [2.24, 2.45) is 7.05 Å². The SMILES string of the molecule is COc1ccccc1C(NC(=O)COc1cc(C)ccc1C(C)C)c1nccn1C. The number of aryl methyl sites for hydroxylation is 2. The van der Waals surface area contributed by atoms with E-state index < -0.39 is 6.04 Å². The van der Waals surface area contributed by atoms with Gasteiger partial charge in [-0.05, 0) is 36.1 Å². The molecule has 0 fully saturated rings. The summed E-state index contributed by atoms with van der Waals surface area (Å²) in [7, 11) is 3.51. The van der Waals surface area contributed by atoms with Crippen LogP contribution in [0.3, 0.4) is 0 Å². The summed E-state index contributed by atoms with van der Waals surface area (Å²) < 4.78 is 13.3. The third kappa shape index (κ3) is 4.82. The lowest BCUT2D eigenvalue weighted by Gasteiger charge is -2.21. The van der Waals surface area contributed by atoms with Crippen molar-refractivity contribution in [2.75, 3.05) is 13.7 Å². The Morgan fingerprint density at radius 2 is 1.90 bits per heavy atom. The highest BCUT2D eigenvalue weighted by atomic mass is 16.5. The Kier molecular flexibility index (Phi) is 6.77. The topological polar surface area (TPSA) is 65.4 Å². The number of nitrogens with zero attached hydrogens (tertiary/aromatic N) is 2. The third-order valence-corrected chi connectivity index (χ3v) is 5.02. The molecule has 1 heterocycles. The summed E-state index contributed by atoms with van der Waals surface area (Å²) in [5.41, 5.74) is 3.01. The number of rotatable bonds is 8. The van der Waals surface area contributed by atoms with Crippen molar-refractivity contribution in [3.63, 3.8) is 0 Å². The van der Waals surface area contributed by atoms with Crippen molar-refractivity contribution in [3.8, 4) is 11.5 Å². The molecule has 1 unspecified atom stereocenters. The zero-order valence-electron chi connectivity index (χ0n) is 18.2. The molecule has 6 nitrogen and oxygen atoms in total. The molecule has 6 heteroatoms. The van der Waals surface area contributed by atoms with E-state index in [4.69, 9.17) is 9.47 Å². The van der Waals surface area contributed by atoms with Gasteiger partial charge in [-0.1, -0.05) is 44.2 Å². The molecule has 0 saturated carbocycles. The van der Waals surface area contributed by atoms with Crippen LogP contribution in [0.2, 0.25) is 0 Å². The molecular formula is C24H29N3O3. The number of methoxy groups -OCH3 is 1. The number of aromatic nitrogens is 2. The van der Waals surface area contributed by atoms with Gasteiger partial charge in [-0.2, -0.15) is 0 Å². The first kappa shape index (κ1) is 21.4. The fourth-order valence-electron chi connectivity index (χ4n) is 3.43. The molecule has 0 aliphatic carbocycles. The molecule has 0 aliphatic heterocycles. The van der Waals surface area contributed by atoms with Gasteiger partial charge in [0.1, 0.15) is 23.4 Å². The maximum Gasteiger partial charge on any atom is 0.258 e. The smallest absolute Gasteiger partial charge is 0.258 e. The first-order valence-corrected chi connectivity index (χ1v) is 10.0. The van der Waals surface area contributed by atoms with E-state index in [0.717, 1.165) is 22.4 Å². The highest BCUT2D eigenvalue weighted by Crippen LogP contribution is 2.30. The zero-order chi connectivity index (χ0) is 21.7. The Morgan fingerprint density at radius 3 is 2.57 bits per heavy atom. The standard InChI is InChI=1S/C24H29N3O3/c1-16(2)18-11-10-17(3)14-21(18)30-15-22(28)26-23(24-25-12-13-27(24)4)19-8-6-7-9-20(19)29-5/h6-14,16,23H,15H2,1-5H3,(H,26,28). The summed E-state index contributed by atoms with van der Waals surface area (Å²) in [6.07, 6.45) is 3.56. The average Bonchev–Trinajstić information content (AvgIpc) is 3.16. The maximum atomic E-state index is 12.9. The molecule has 1 aromatic heterocycles. The minimum Gasteiger partial charge on any atom is -0.496 e. The Hall–Kier alpha value is -3.28. The van der Waals surface area contributed by atoms with Gasteiger partial charge in [0, 0.05) is 25.0 Å². The van der Waals surface area contributed by atoms with Crippen molar-refractivity contribution >= 4 is 5.91 Å². The van der Waals surface area contributed by atoms with E-state index in [1.165, 1.54) is 0 Å². The molecule has 1 N–H and O–H groups in total. The molecule has 1 atom stereocenters. The first-order chi connectivity index (χ1) is 14.4. The predicted octanol–water partition coefficient (Wildman–Crippen LogP) is 4.15. The van der Waals surface area contributed by atoms with Gasteiger partial charge in [0.15, 0.2) is 6.61 Å². The van der Waals surface area contributed by atoms with Gasteiger partial charge >= 0.3 is 0 Å². The number of carbonyl (C=O) groups is 1. The number of para-hydroxylation sites is 1. The quantitative estimate of drug-likeness (QED) is 0.609. The third-order valence-electron chi connectivity index (χ3n) is 5.02. The number of amides is 1. The van der Waals surface area contributed by atoms with Gasteiger partial charge in [0.25, 0.3) is 5.91 Å². The number of benzene rings is 2. The number of hydrogen-bond donors (Lipinski definition) is 1. The Morgan fingerprint density at radius 1 is 1.13 bits per heavy atom. The van der Waals surface area contributed by atoms with Crippen molar-refractivity contribution < 1.29 is 14.3 Å². The fraction of sp³-hybridized carbons (Fsp3) is 0.333. The highest BCUT2D eigenvalue weighted by Gasteiger charge is 2.24. The Bertz CT molecular complexity index is 1010. The van der Waals surface area contributed by atoms with Gasteiger partial charge in [-0.15, -0.1) is 0 Å². The molecule has 0 aliphatic rings. The summed E-state index contributed by atoms with van der Waals surface area (Å²) in [6.45, 7) is 6.14. The van der Waals surface area contributed by atoms with Crippen LogP contribution in [0.15, 0.2) is 54.9 Å². The van der Waals surface area contributed by atoms with Crippen molar-refractivity contribution in [3.05, 3.63) is 77.4 Å². The lowest BCUT2D eigenvalue weighted by Crippen LogP contribution is -2.34. The predicted molar refractivity (Wildman–Crippen MR) is 117 cm³/mol. The van der Waals surface area contributed by atoms with E-state index >= 15 is 0 Å². The molecule has 2 aromatic carbocycles. The minimum atomic E-state index is -0.459. The molecule has 0 spiro atoms. The number of hydrogen-bond acceptors (Lipinski definition) is 4. The number of ether oxygens (including phenoxy) is 2. The summed E-state index contributed by atoms with van der Waals surface area (Å²) >= 11 is 0. The molecule has 0 radical (unpaired) electrons. The molecule has 3 rings (SSSR count). The number of imidazole rings is 1. The van der Waals surface area contributed by atoms with Crippen molar-refractivity contribution in [1.29, 1.82) is 0 Å². The van der Waals surface area contributed by atoms with Crippen LogP contribution in [-0.2, 0) is 11.8 Å². The highest BCUT2D eigenvalue weighted by molar-refractivity contribution is 5.78. The maximum absolute atomic E-state index is 12.9. The molecular weight excluding hydrogens is 378 g/mol. The van der Waals surface area contributed by atoms with Crippen molar-refractivity contribution in [2.45, 2.75) is 32.7 Å². The van der Waals surface area contributed by atoms with Crippen molar-refractivity contribution in [1.82, 2.24) is 14.9 Å². The summed E-state index contributed by atoms with van der Waals surface area (Å²) in [5, 5.41) is 3.06. The second-order valence-corrected chi connectivity index (χ2v) is 7.62. The minimum absolute atomic E-state index is 0.0841. The molecule has 3 aromatic rings. The lowest BCUT2D eigenvalue weighted by atomic mass is 10.0. The first-order valence-electron chi connectivity index (χ1n) is 10.0. The largest absolute Gasteiger partial charge is 0.496 e. The van der Waals surface area contributed by atoms with E-state index in [2.05, 4.69) is 36.3 Å².